The van der Waals surface area contributed by atoms with Gasteiger partial charge in [0.05, 0.1) is 6.33 Å². The molecule has 0 saturated carbocycles. The number of benzene rings is 1. The van der Waals surface area contributed by atoms with Crippen molar-refractivity contribution in [1.29, 1.82) is 0 Å². The summed E-state index contributed by atoms with van der Waals surface area (Å²) >= 11 is 0. The first kappa shape index (κ1) is 11.2. The molecule has 0 fully saturated rings. The first-order valence-corrected chi connectivity index (χ1v) is 5.31. The van der Waals surface area contributed by atoms with Crippen molar-refractivity contribution in [3.63, 3.8) is 0 Å². The third-order valence-electron chi connectivity index (χ3n) is 2.41. The van der Waals surface area contributed by atoms with Crippen LogP contribution in [-0.2, 0) is 13.1 Å². The van der Waals surface area contributed by atoms with Gasteiger partial charge >= 0.3 is 6.03 Å². The molecule has 1 aromatic carbocycles. The minimum absolute atomic E-state index is 0.459. The number of amides is 2. The molecule has 0 saturated heterocycles. The fourth-order valence-electron chi connectivity index (χ4n) is 1.54. The average Bonchev–Trinajstić information content (AvgIpc) is 2.81. The maximum Gasteiger partial charge on any atom is 0.312 e. The zero-order valence-electron chi connectivity index (χ0n) is 9.34. The fourth-order valence-corrected chi connectivity index (χ4v) is 1.54. The van der Waals surface area contributed by atoms with Crippen molar-refractivity contribution in [2.24, 2.45) is 5.73 Å². The Balaban J connectivity index is 1.95. The highest BCUT2D eigenvalue weighted by Crippen LogP contribution is 2.06. The Labute approximate surface area is 99.3 Å². The quantitative estimate of drug-likeness (QED) is 0.825. The zero-order chi connectivity index (χ0) is 12.1. The molecule has 5 heteroatoms. The molecule has 0 unspecified atom stereocenters. The minimum Gasteiger partial charge on any atom is -0.352 e. The van der Waals surface area contributed by atoms with E-state index in [0.29, 0.717) is 6.54 Å². The van der Waals surface area contributed by atoms with E-state index in [1.165, 1.54) is 5.56 Å². The number of imidazole rings is 1. The third-order valence-corrected chi connectivity index (χ3v) is 2.41. The molecule has 3 N–H and O–H groups in total. The molecule has 0 radical (unpaired) electrons. The van der Waals surface area contributed by atoms with E-state index in [1.807, 2.05) is 35.0 Å². The van der Waals surface area contributed by atoms with E-state index in [-0.39, 0.29) is 0 Å². The van der Waals surface area contributed by atoms with E-state index < -0.39 is 6.03 Å². The fraction of sp³-hybridized carbons (Fsp3) is 0.167. The van der Waals surface area contributed by atoms with Gasteiger partial charge in [-0.2, -0.15) is 0 Å². The highest BCUT2D eigenvalue weighted by molar-refractivity contribution is 5.71. The van der Waals surface area contributed by atoms with E-state index in [4.69, 9.17) is 5.73 Å². The van der Waals surface area contributed by atoms with E-state index in [0.717, 1.165) is 12.1 Å². The number of carbonyl (C=O) groups is 1. The van der Waals surface area contributed by atoms with Crippen LogP contribution >= 0.6 is 0 Å². The van der Waals surface area contributed by atoms with Crippen LogP contribution in [0, 0.1) is 0 Å². The lowest BCUT2D eigenvalue weighted by atomic mass is 10.1. The zero-order valence-corrected chi connectivity index (χ0v) is 9.34. The number of nitrogens with one attached hydrogen (secondary N) is 1. The highest BCUT2D eigenvalue weighted by atomic mass is 16.2. The first-order chi connectivity index (χ1) is 8.24. The Morgan fingerprint density at radius 2 is 2.00 bits per heavy atom. The van der Waals surface area contributed by atoms with Crippen molar-refractivity contribution >= 4 is 6.03 Å². The van der Waals surface area contributed by atoms with Gasteiger partial charge in [0, 0.05) is 25.5 Å². The SMILES string of the molecule is NC(=O)NCc1ccc(Cn2ccnc2)cc1. The molecule has 1 aromatic heterocycles. The van der Waals surface area contributed by atoms with Crippen LogP contribution < -0.4 is 11.1 Å². The lowest BCUT2D eigenvalue weighted by Crippen LogP contribution is -2.28. The van der Waals surface area contributed by atoms with Gasteiger partial charge in [-0.05, 0) is 11.1 Å². The van der Waals surface area contributed by atoms with Gasteiger partial charge in [0.1, 0.15) is 0 Å². The summed E-state index contributed by atoms with van der Waals surface area (Å²) in [7, 11) is 0. The maximum absolute atomic E-state index is 10.6. The Kier molecular flexibility index (Phi) is 3.40. The van der Waals surface area contributed by atoms with Gasteiger partial charge < -0.3 is 15.6 Å². The number of rotatable bonds is 4. The van der Waals surface area contributed by atoms with Gasteiger partial charge in [-0.15, -0.1) is 0 Å². The second-order valence-corrected chi connectivity index (χ2v) is 3.77. The molecule has 2 rings (SSSR count). The Morgan fingerprint density at radius 1 is 1.29 bits per heavy atom. The summed E-state index contributed by atoms with van der Waals surface area (Å²) in [6.07, 6.45) is 5.45. The Bertz CT molecular complexity index is 476. The number of carbonyl (C=O) groups excluding carboxylic acids is 1. The molecule has 17 heavy (non-hydrogen) atoms. The van der Waals surface area contributed by atoms with Gasteiger partial charge in [0.15, 0.2) is 0 Å². The van der Waals surface area contributed by atoms with Gasteiger partial charge in [-0.3, -0.25) is 0 Å². The van der Waals surface area contributed by atoms with Crippen molar-refractivity contribution < 1.29 is 4.79 Å². The number of nitrogens with zero attached hydrogens (tertiary/aromatic N) is 2. The second kappa shape index (κ2) is 5.16. The predicted molar refractivity (Wildman–Crippen MR) is 64.2 cm³/mol. The second-order valence-electron chi connectivity index (χ2n) is 3.77. The predicted octanol–water partition coefficient (Wildman–Crippen LogP) is 1.10. The maximum atomic E-state index is 10.6. The molecule has 5 nitrogen and oxygen atoms in total. The van der Waals surface area contributed by atoms with Crippen LogP contribution in [0.1, 0.15) is 11.1 Å². The molecule has 88 valence electrons. The Morgan fingerprint density at radius 3 is 2.59 bits per heavy atom. The summed E-state index contributed by atoms with van der Waals surface area (Å²) in [5.74, 6) is 0. The van der Waals surface area contributed by atoms with Gasteiger partial charge in [0.2, 0.25) is 0 Å². The lowest BCUT2D eigenvalue weighted by molar-refractivity contribution is 0.248. The van der Waals surface area contributed by atoms with Crippen molar-refractivity contribution in [3.8, 4) is 0 Å². The van der Waals surface area contributed by atoms with Crippen LogP contribution in [0.3, 0.4) is 0 Å². The van der Waals surface area contributed by atoms with Crippen LogP contribution in [0.2, 0.25) is 0 Å². The first-order valence-electron chi connectivity index (χ1n) is 5.31. The topological polar surface area (TPSA) is 72.9 Å². The number of urea groups is 1. The molecule has 0 atom stereocenters. The molecule has 0 aliphatic carbocycles. The third kappa shape index (κ3) is 3.34. The smallest absolute Gasteiger partial charge is 0.312 e. The molecule has 1 heterocycles. The lowest BCUT2D eigenvalue weighted by Gasteiger charge is -2.05. The molecular weight excluding hydrogens is 216 g/mol. The molecule has 2 aromatic rings. The number of aromatic nitrogens is 2. The van der Waals surface area contributed by atoms with Crippen molar-refractivity contribution in [2.75, 3.05) is 0 Å². The summed E-state index contributed by atoms with van der Waals surface area (Å²) in [5, 5.41) is 2.55. The van der Waals surface area contributed by atoms with Crippen LogP contribution in [0.5, 0.6) is 0 Å². The van der Waals surface area contributed by atoms with E-state index >= 15 is 0 Å². The van der Waals surface area contributed by atoms with Gasteiger partial charge in [-0.1, -0.05) is 24.3 Å². The van der Waals surface area contributed by atoms with Gasteiger partial charge in [-0.25, -0.2) is 9.78 Å². The van der Waals surface area contributed by atoms with E-state index in [9.17, 15) is 4.79 Å². The standard InChI is InChI=1S/C12H14N4O/c13-12(17)15-7-10-1-3-11(4-2-10)8-16-6-5-14-9-16/h1-6,9H,7-8H2,(H3,13,15,17). The molecule has 2 amide bonds. The summed E-state index contributed by atoms with van der Waals surface area (Å²) < 4.78 is 2.00. The monoisotopic (exact) mass is 230 g/mol. The normalized spacial score (nSPS) is 10.1. The molecule has 0 spiro atoms. The summed E-state index contributed by atoms with van der Waals surface area (Å²) in [4.78, 5) is 14.5. The Hall–Kier alpha value is -2.30. The number of hydrogen-bond acceptors (Lipinski definition) is 2. The molecule has 0 bridgehead atoms. The van der Waals surface area contributed by atoms with Crippen LogP contribution in [0.25, 0.3) is 0 Å². The molecule has 0 aliphatic rings. The number of hydrogen-bond donors (Lipinski definition) is 2. The summed E-state index contributed by atoms with van der Waals surface area (Å²) in [6.45, 7) is 1.25. The highest BCUT2D eigenvalue weighted by Gasteiger charge is 1.97. The molecular formula is C12H14N4O. The minimum atomic E-state index is -0.507. The van der Waals surface area contributed by atoms with Crippen molar-refractivity contribution in [2.45, 2.75) is 13.1 Å². The summed E-state index contributed by atoms with van der Waals surface area (Å²) in [5.41, 5.74) is 7.21. The van der Waals surface area contributed by atoms with Gasteiger partial charge in [0.25, 0.3) is 0 Å². The van der Waals surface area contributed by atoms with E-state index in [2.05, 4.69) is 10.3 Å². The number of primary amides is 1. The van der Waals surface area contributed by atoms with Crippen LogP contribution in [0.4, 0.5) is 4.79 Å². The van der Waals surface area contributed by atoms with Crippen molar-refractivity contribution in [1.82, 2.24) is 14.9 Å². The van der Waals surface area contributed by atoms with Crippen molar-refractivity contribution in [3.05, 3.63) is 54.1 Å². The van der Waals surface area contributed by atoms with Crippen LogP contribution in [0.15, 0.2) is 43.0 Å². The summed E-state index contributed by atoms with van der Waals surface area (Å²) in [6, 6.07) is 7.49. The average molecular weight is 230 g/mol. The van der Waals surface area contributed by atoms with Crippen LogP contribution in [-0.4, -0.2) is 15.6 Å². The number of nitrogens with two attached hydrogens (primary N) is 1. The largest absolute Gasteiger partial charge is 0.352 e. The molecule has 0 aliphatic heterocycles. The van der Waals surface area contributed by atoms with E-state index in [1.54, 1.807) is 12.5 Å².